The maximum atomic E-state index is 14.1. The highest BCUT2D eigenvalue weighted by molar-refractivity contribution is 5.79. The topological polar surface area (TPSA) is 86.8 Å². The summed E-state index contributed by atoms with van der Waals surface area (Å²) < 4.78 is 14.1. The van der Waals surface area contributed by atoms with Crippen LogP contribution < -0.4 is 5.73 Å². The van der Waals surface area contributed by atoms with Crippen molar-refractivity contribution in [3.05, 3.63) is 35.9 Å². The normalized spacial score (nSPS) is 20.8. The number of likely N-dealkylation sites (tertiary alicyclic amines) is 1. The predicted octanol–water partition coefficient (Wildman–Crippen LogP) is 2.44. The van der Waals surface area contributed by atoms with Crippen LogP contribution in [-0.4, -0.2) is 58.0 Å². The number of nitrogens with zero attached hydrogens (tertiary/aromatic N) is 1. The number of rotatable bonds is 10. The third-order valence-electron chi connectivity index (χ3n) is 5.64. The van der Waals surface area contributed by atoms with Crippen molar-refractivity contribution in [1.82, 2.24) is 4.90 Å². The molecule has 0 radical (unpaired) electrons. The van der Waals surface area contributed by atoms with Gasteiger partial charge in [0, 0.05) is 18.5 Å². The fourth-order valence-corrected chi connectivity index (χ4v) is 3.90. The maximum absolute atomic E-state index is 14.1. The lowest BCUT2D eigenvalue weighted by atomic mass is 9.87. The molecule has 4 atom stereocenters. The zero-order chi connectivity index (χ0) is 20.7. The predicted molar refractivity (Wildman–Crippen MR) is 108 cm³/mol. The Hall–Kier alpha value is -1.50. The van der Waals surface area contributed by atoms with Crippen LogP contribution in [0.2, 0.25) is 0 Å². The fraction of sp³-hybridized carbons (Fsp3) is 0.682. The van der Waals surface area contributed by atoms with E-state index in [0.717, 1.165) is 18.4 Å². The Morgan fingerprint density at radius 3 is 2.64 bits per heavy atom. The molecule has 1 saturated heterocycles. The van der Waals surface area contributed by atoms with Crippen molar-refractivity contribution in [1.29, 1.82) is 0 Å². The van der Waals surface area contributed by atoms with E-state index in [1.165, 1.54) is 13.8 Å². The molecule has 1 aromatic rings. The highest BCUT2D eigenvalue weighted by Gasteiger charge is 2.35. The van der Waals surface area contributed by atoms with E-state index >= 15 is 0 Å². The highest BCUT2D eigenvalue weighted by Crippen LogP contribution is 2.28. The number of nitrogens with two attached hydrogens (primary N) is 1. The number of amides is 1. The van der Waals surface area contributed by atoms with Crippen LogP contribution in [0.5, 0.6) is 0 Å². The van der Waals surface area contributed by atoms with Crippen molar-refractivity contribution in [2.75, 3.05) is 13.2 Å². The van der Waals surface area contributed by atoms with Gasteiger partial charge in [-0.2, -0.15) is 0 Å². The molecular formula is C22H35FN2O3. The molecule has 1 aliphatic rings. The van der Waals surface area contributed by atoms with Gasteiger partial charge in [0.25, 0.3) is 0 Å². The minimum Gasteiger partial charge on any atom is -0.394 e. The highest BCUT2D eigenvalue weighted by atomic mass is 19.1. The molecule has 158 valence electrons. The van der Waals surface area contributed by atoms with Crippen LogP contribution in [0.15, 0.2) is 30.3 Å². The third kappa shape index (κ3) is 6.83. The number of hydrogen-bond acceptors (Lipinski definition) is 4. The second-order valence-electron chi connectivity index (χ2n) is 8.62. The summed E-state index contributed by atoms with van der Waals surface area (Å²) in [6.45, 7) is 3.53. The molecule has 0 aromatic heterocycles. The molecule has 28 heavy (non-hydrogen) atoms. The second kappa shape index (κ2) is 10.3. The molecule has 0 spiro atoms. The van der Waals surface area contributed by atoms with Gasteiger partial charge in [-0.05, 0) is 57.9 Å². The molecule has 1 fully saturated rings. The van der Waals surface area contributed by atoms with E-state index in [2.05, 4.69) is 0 Å². The summed E-state index contributed by atoms with van der Waals surface area (Å²) in [5.74, 6) is -0.606. The number of aliphatic hydroxyl groups excluding tert-OH is 2. The van der Waals surface area contributed by atoms with Crippen molar-refractivity contribution < 1.29 is 19.4 Å². The molecule has 1 aromatic carbocycles. The maximum Gasteiger partial charge on any atom is 0.226 e. The lowest BCUT2D eigenvalue weighted by molar-refractivity contribution is -0.138. The van der Waals surface area contributed by atoms with Gasteiger partial charge in [-0.25, -0.2) is 4.39 Å². The third-order valence-corrected chi connectivity index (χ3v) is 5.64. The van der Waals surface area contributed by atoms with E-state index in [4.69, 9.17) is 5.73 Å². The summed E-state index contributed by atoms with van der Waals surface area (Å²) in [6.07, 6.45) is 2.09. The molecule has 4 N–H and O–H groups in total. The monoisotopic (exact) mass is 394 g/mol. The number of halogens is 1. The molecule has 6 heteroatoms. The van der Waals surface area contributed by atoms with Crippen LogP contribution >= 0.6 is 0 Å². The Kier molecular flexibility index (Phi) is 8.40. The van der Waals surface area contributed by atoms with Gasteiger partial charge in [0.1, 0.15) is 5.67 Å². The first kappa shape index (κ1) is 22.8. The number of benzene rings is 1. The van der Waals surface area contributed by atoms with E-state index in [9.17, 15) is 19.4 Å². The van der Waals surface area contributed by atoms with Crippen LogP contribution in [0.4, 0.5) is 4.39 Å². The number of alkyl halides is 1. The Morgan fingerprint density at radius 2 is 2.04 bits per heavy atom. The van der Waals surface area contributed by atoms with Gasteiger partial charge in [0.2, 0.25) is 5.91 Å². The number of carbonyl (C=O) groups is 1. The number of aliphatic hydroxyl groups is 2. The standard InChI is InChI=1S/C22H35FN2O3/c1-22(2,23)11-10-17(21(28)25-12-6-9-18(25)15-26)14-20(27)19(24)13-16-7-4-3-5-8-16/h3-5,7-8,17-20,26-27H,6,9-15,24H2,1-2H3/t17-,18+,19+,20+/m1/s1. The van der Waals surface area contributed by atoms with Gasteiger partial charge in [-0.15, -0.1) is 0 Å². The van der Waals surface area contributed by atoms with E-state index in [0.29, 0.717) is 19.4 Å². The molecule has 0 bridgehead atoms. The summed E-state index contributed by atoms with van der Waals surface area (Å²) in [4.78, 5) is 14.8. The molecule has 0 saturated carbocycles. The number of hydrogen-bond donors (Lipinski definition) is 3. The zero-order valence-corrected chi connectivity index (χ0v) is 17.1. The summed E-state index contributed by atoms with van der Waals surface area (Å²) in [6, 6.07) is 9.01. The van der Waals surface area contributed by atoms with Crippen LogP contribution in [0.3, 0.4) is 0 Å². The minimum atomic E-state index is -1.38. The molecule has 1 heterocycles. The van der Waals surface area contributed by atoms with Crippen molar-refractivity contribution in [2.24, 2.45) is 11.7 Å². The van der Waals surface area contributed by atoms with Crippen molar-refractivity contribution in [3.8, 4) is 0 Å². The smallest absolute Gasteiger partial charge is 0.226 e. The summed E-state index contributed by atoms with van der Waals surface area (Å²) in [5.41, 5.74) is 5.85. The van der Waals surface area contributed by atoms with E-state index in [1.807, 2.05) is 30.3 Å². The molecule has 2 rings (SSSR count). The fourth-order valence-electron chi connectivity index (χ4n) is 3.90. The SMILES string of the molecule is CC(C)(F)CC[C@H](C[C@H](O)[C@@H](N)Cc1ccccc1)C(=O)N1CCC[C@H]1CO. The van der Waals surface area contributed by atoms with Gasteiger partial charge >= 0.3 is 0 Å². The molecular weight excluding hydrogens is 359 g/mol. The number of carbonyl (C=O) groups excluding carboxylic acids is 1. The Labute approximate surface area is 167 Å². The first-order chi connectivity index (χ1) is 13.2. The van der Waals surface area contributed by atoms with E-state index < -0.39 is 23.7 Å². The molecule has 0 unspecified atom stereocenters. The Morgan fingerprint density at radius 1 is 1.36 bits per heavy atom. The van der Waals surface area contributed by atoms with Crippen molar-refractivity contribution in [2.45, 2.75) is 76.2 Å². The lowest BCUT2D eigenvalue weighted by Crippen LogP contribution is -2.45. The Bertz CT molecular complexity index is 606. The summed E-state index contributed by atoms with van der Waals surface area (Å²) in [7, 11) is 0. The average Bonchev–Trinajstić information content (AvgIpc) is 3.13. The Balaban J connectivity index is 2.04. The zero-order valence-electron chi connectivity index (χ0n) is 17.1. The first-order valence-electron chi connectivity index (χ1n) is 10.3. The first-order valence-corrected chi connectivity index (χ1v) is 10.3. The van der Waals surface area contributed by atoms with E-state index in [1.54, 1.807) is 4.90 Å². The molecule has 1 amide bonds. The van der Waals surface area contributed by atoms with Gasteiger partial charge in [-0.3, -0.25) is 4.79 Å². The molecule has 5 nitrogen and oxygen atoms in total. The largest absolute Gasteiger partial charge is 0.394 e. The van der Waals surface area contributed by atoms with Crippen LogP contribution in [0.25, 0.3) is 0 Å². The molecule has 0 aliphatic carbocycles. The van der Waals surface area contributed by atoms with Gasteiger partial charge in [-0.1, -0.05) is 30.3 Å². The van der Waals surface area contributed by atoms with Crippen molar-refractivity contribution >= 4 is 5.91 Å². The average molecular weight is 395 g/mol. The molecule has 1 aliphatic heterocycles. The van der Waals surface area contributed by atoms with Gasteiger partial charge in [0.15, 0.2) is 0 Å². The quantitative estimate of drug-likeness (QED) is 0.569. The van der Waals surface area contributed by atoms with Crippen LogP contribution in [-0.2, 0) is 11.2 Å². The van der Waals surface area contributed by atoms with Crippen molar-refractivity contribution in [3.63, 3.8) is 0 Å². The lowest BCUT2D eigenvalue weighted by Gasteiger charge is -2.31. The van der Waals surface area contributed by atoms with Gasteiger partial charge < -0.3 is 20.8 Å². The van der Waals surface area contributed by atoms with Gasteiger partial charge in [0.05, 0.1) is 18.8 Å². The van der Waals surface area contributed by atoms with Crippen LogP contribution in [0.1, 0.15) is 51.5 Å². The van der Waals surface area contributed by atoms with Crippen LogP contribution in [0, 0.1) is 5.92 Å². The summed E-state index contributed by atoms with van der Waals surface area (Å²) in [5, 5.41) is 20.2. The van der Waals surface area contributed by atoms with E-state index in [-0.39, 0.29) is 31.4 Å². The summed E-state index contributed by atoms with van der Waals surface area (Å²) >= 11 is 0. The minimum absolute atomic E-state index is 0.0663. The second-order valence-corrected chi connectivity index (χ2v) is 8.62.